The van der Waals surface area contributed by atoms with Crippen molar-refractivity contribution in [1.29, 1.82) is 0 Å². The van der Waals surface area contributed by atoms with E-state index in [9.17, 15) is 4.79 Å². The molecule has 1 nitrogen and oxygen atoms in total. The van der Waals surface area contributed by atoms with E-state index < -0.39 is 0 Å². The summed E-state index contributed by atoms with van der Waals surface area (Å²) in [5.41, 5.74) is 1.46. The van der Waals surface area contributed by atoms with Crippen LogP contribution in [0.4, 0.5) is 0 Å². The van der Waals surface area contributed by atoms with Gasteiger partial charge in [0.15, 0.2) is 0 Å². The fraction of sp³-hybridized carbons (Fsp3) is 0.800. The summed E-state index contributed by atoms with van der Waals surface area (Å²) in [5, 5.41) is 0. The third-order valence-corrected chi connectivity index (χ3v) is 5.26. The third-order valence-electron chi connectivity index (χ3n) is 5.26. The van der Waals surface area contributed by atoms with Gasteiger partial charge in [0.25, 0.3) is 0 Å². The summed E-state index contributed by atoms with van der Waals surface area (Å²) in [6.07, 6.45) is 5.54. The van der Waals surface area contributed by atoms with Crippen LogP contribution in [0.15, 0.2) is 11.6 Å². The number of ketones is 1. The maximum Gasteiger partial charge on any atom is 0.145 e. The molecule has 0 bridgehead atoms. The minimum atomic E-state index is -0.159. The second-order valence-corrected chi connectivity index (χ2v) is 6.61. The standard InChI is InChI=1S/C15H24O/c1-10-6-7-12-14(3,4)11(2)8-9-15(12,5)13(10)16/h7,10-11H,6,8-9H2,1-5H3. The van der Waals surface area contributed by atoms with Crippen LogP contribution in [0.25, 0.3) is 0 Å². The van der Waals surface area contributed by atoms with Crippen LogP contribution in [-0.4, -0.2) is 5.78 Å². The molecule has 16 heavy (non-hydrogen) atoms. The highest BCUT2D eigenvalue weighted by atomic mass is 16.1. The summed E-state index contributed by atoms with van der Waals surface area (Å²) in [5.74, 6) is 1.39. The Kier molecular flexibility index (Phi) is 2.56. The zero-order valence-corrected chi connectivity index (χ0v) is 11.3. The number of allylic oxidation sites excluding steroid dienone is 2. The molecule has 0 saturated heterocycles. The maximum atomic E-state index is 12.4. The highest BCUT2D eigenvalue weighted by Crippen LogP contribution is 2.56. The Labute approximate surface area is 99.3 Å². The molecule has 0 heterocycles. The van der Waals surface area contributed by atoms with Crippen molar-refractivity contribution < 1.29 is 4.79 Å². The van der Waals surface area contributed by atoms with Crippen LogP contribution in [-0.2, 0) is 4.79 Å². The normalized spacial score (nSPS) is 42.6. The van der Waals surface area contributed by atoms with Crippen molar-refractivity contribution in [2.45, 2.75) is 53.9 Å². The van der Waals surface area contributed by atoms with Gasteiger partial charge in [-0.2, -0.15) is 0 Å². The largest absolute Gasteiger partial charge is 0.298 e. The van der Waals surface area contributed by atoms with Gasteiger partial charge in [-0.3, -0.25) is 4.79 Å². The molecule has 2 aliphatic carbocycles. The highest BCUT2D eigenvalue weighted by molar-refractivity contribution is 5.91. The minimum absolute atomic E-state index is 0.159. The van der Waals surface area contributed by atoms with Crippen molar-refractivity contribution in [3.8, 4) is 0 Å². The van der Waals surface area contributed by atoms with Crippen molar-refractivity contribution in [3.63, 3.8) is 0 Å². The molecule has 1 saturated carbocycles. The number of rotatable bonds is 0. The van der Waals surface area contributed by atoms with Gasteiger partial charge in [-0.25, -0.2) is 0 Å². The maximum absolute atomic E-state index is 12.4. The smallest absolute Gasteiger partial charge is 0.145 e. The lowest BCUT2D eigenvalue weighted by Crippen LogP contribution is -2.47. The quantitative estimate of drug-likeness (QED) is 0.564. The zero-order chi connectivity index (χ0) is 12.1. The molecule has 90 valence electrons. The molecular weight excluding hydrogens is 196 g/mol. The van der Waals surface area contributed by atoms with Gasteiger partial charge in [0.1, 0.15) is 5.78 Å². The molecule has 3 atom stereocenters. The molecule has 0 aromatic heterocycles. The third kappa shape index (κ3) is 1.40. The molecule has 0 aromatic carbocycles. The second kappa shape index (κ2) is 3.45. The molecule has 0 aromatic rings. The van der Waals surface area contributed by atoms with E-state index in [-0.39, 0.29) is 16.7 Å². The minimum Gasteiger partial charge on any atom is -0.298 e. The molecule has 1 fully saturated rings. The lowest BCUT2D eigenvalue weighted by molar-refractivity contribution is -0.133. The highest BCUT2D eigenvalue weighted by Gasteiger charge is 2.51. The predicted octanol–water partition coefficient (Wildman–Crippen LogP) is 3.98. The zero-order valence-electron chi connectivity index (χ0n) is 11.3. The molecule has 0 spiro atoms. The Morgan fingerprint density at radius 3 is 2.50 bits per heavy atom. The van der Waals surface area contributed by atoms with Crippen LogP contribution in [0.5, 0.6) is 0 Å². The number of carbonyl (C=O) groups excluding carboxylic acids is 1. The predicted molar refractivity (Wildman–Crippen MR) is 67.2 cm³/mol. The summed E-state index contributed by atoms with van der Waals surface area (Å²) >= 11 is 0. The Morgan fingerprint density at radius 2 is 1.88 bits per heavy atom. The van der Waals surface area contributed by atoms with Crippen molar-refractivity contribution in [3.05, 3.63) is 11.6 Å². The number of carbonyl (C=O) groups is 1. The lowest BCUT2D eigenvalue weighted by atomic mass is 9.52. The van der Waals surface area contributed by atoms with Gasteiger partial charge < -0.3 is 0 Å². The van der Waals surface area contributed by atoms with Crippen LogP contribution in [0.2, 0.25) is 0 Å². The van der Waals surface area contributed by atoms with Crippen molar-refractivity contribution in [2.24, 2.45) is 22.7 Å². The van der Waals surface area contributed by atoms with E-state index in [2.05, 4.69) is 40.7 Å². The molecular formula is C15H24O. The molecule has 3 unspecified atom stereocenters. The van der Waals surface area contributed by atoms with Crippen molar-refractivity contribution >= 4 is 5.78 Å². The Hall–Kier alpha value is -0.590. The van der Waals surface area contributed by atoms with E-state index in [1.807, 2.05) is 0 Å². The fourth-order valence-electron chi connectivity index (χ4n) is 3.67. The van der Waals surface area contributed by atoms with Gasteiger partial charge in [0, 0.05) is 11.3 Å². The monoisotopic (exact) mass is 220 g/mol. The van der Waals surface area contributed by atoms with E-state index in [4.69, 9.17) is 0 Å². The first-order valence-electron chi connectivity index (χ1n) is 6.55. The molecule has 2 rings (SSSR count). The van der Waals surface area contributed by atoms with E-state index in [1.165, 1.54) is 12.0 Å². The van der Waals surface area contributed by atoms with Crippen LogP contribution in [0.1, 0.15) is 53.9 Å². The van der Waals surface area contributed by atoms with E-state index in [1.54, 1.807) is 0 Å². The summed E-state index contributed by atoms with van der Waals surface area (Å²) in [6, 6.07) is 0. The van der Waals surface area contributed by atoms with E-state index in [0.717, 1.165) is 12.8 Å². The number of hydrogen-bond donors (Lipinski definition) is 0. The SMILES string of the molecule is CC1CC=C2C(C)(CCC(C)C2(C)C)C1=O. The number of hydrogen-bond acceptors (Lipinski definition) is 1. The molecule has 0 N–H and O–H groups in total. The Bertz CT molecular complexity index is 350. The molecule has 0 aliphatic heterocycles. The van der Waals surface area contributed by atoms with Crippen LogP contribution in [0, 0.1) is 22.7 Å². The van der Waals surface area contributed by atoms with Gasteiger partial charge >= 0.3 is 0 Å². The van der Waals surface area contributed by atoms with Crippen LogP contribution >= 0.6 is 0 Å². The average Bonchev–Trinajstić information content (AvgIpc) is 2.21. The van der Waals surface area contributed by atoms with E-state index in [0.29, 0.717) is 11.7 Å². The summed E-state index contributed by atoms with van der Waals surface area (Å²) < 4.78 is 0. The molecule has 0 amide bonds. The first-order valence-corrected chi connectivity index (χ1v) is 6.55. The summed E-state index contributed by atoms with van der Waals surface area (Å²) in [4.78, 5) is 12.4. The van der Waals surface area contributed by atoms with Crippen molar-refractivity contribution in [1.82, 2.24) is 0 Å². The van der Waals surface area contributed by atoms with Gasteiger partial charge in [-0.15, -0.1) is 0 Å². The average molecular weight is 220 g/mol. The number of Topliss-reactive ketones (excluding diaryl/α,β-unsaturated/α-hetero) is 1. The first-order chi connectivity index (χ1) is 7.30. The van der Waals surface area contributed by atoms with Crippen LogP contribution in [0.3, 0.4) is 0 Å². The number of fused-ring (bicyclic) bond motifs is 1. The molecule has 1 heteroatoms. The Morgan fingerprint density at radius 1 is 1.25 bits per heavy atom. The topological polar surface area (TPSA) is 17.1 Å². The Balaban J connectivity index is 2.49. The lowest BCUT2D eigenvalue weighted by Gasteiger charge is -2.51. The van der Waals surface area contributed by atoms with Gasteiger partial charge in [0.05, 0.1) is 0 Å². The molecule has 0 radical (unpaired) electrons. The van der Waals surface area contributed by atoms with Gasteiger partial charge in [0.2, 0.25) is 0 Å². The van der Waals surface area contributed by atoms with Gasteiger partial charge in [-0.05, 0) is 37.5 Å². The summed E-state index contributed by atoms with van der Waals surface area (Å²) in [6.45, 7) is 11.2. The first kappa shape index (κ1) is 11.9. The van der Waals surface area contributed by atoms with Gasteiger partial charge in [-0.1, -0.05) is 39.3 Å². The summed E-state index contributed by atoms with van der Waals surface area (Å²) in [7, 11) is 0. The fourth-order valence-corrected chi connectivity index (χ4v) is 3.67. The van der Waals surface area contributed by atoms with Crippen molar-refractivity contribution in [2.75, 3.05) is 0 Å². The second-order valence-electron chi connectivity index (χ2n) is 6.61. The van der Waals surface area contributed by atoms with E-state index >= 15 is 0 Å². The molecule has 2 aliphatic rings. The van der Waals surface area contributed by atoms with Crippen LogP contribution < -0.4 is 0 Å².